The van der Waals surface area contributed by atoms with Crippen LogP contribution >= 0.6 is 0 Å². The lowest BCUT2D eigenvalue weighted by molar-refractivity contribution is 0.0523. The summed E-state index contributed by atoms with van der Waals surface area (Å²) in [6, 6.07) is 13.0. The predicted octanol–water partition coefficient (Wildman–Crippen LogP) is 4.44. The van der Waals surface area contributed by atoms with Crippen LogP contribution in [-0.4, -0.2) is 17.6 Å². The Hall–Kier alpha value is -3.48. The van der Waals surface area contributed by atoms with Crippen LogP contribution < -0.4 is 15.8 Å². The summed E-state index contributed by atoms with van der Waals surface area (Å²) in [5.74, 6) is 0.575. The van der Waals surface area contributed by atoms with Gasteiger partial charge in [0, 0.05) is 11.9 Å². The molecule has 2 amide bonds. The molecule has 0 unspecified atom stereocenters. The fraction of sp³-hybridized carbons (Fsp3) is 0.304. The summed E-state index contributed by atoms with van der Waals surface area (Å²) in [6.45, 7) is 7.90. The Labute approximate surface area is 175 Å². The van der Waals surface area contributed by atoms with Crippen molar-refractivity contribution in [1.82, 2.24) is 5.32 Å². The van der Waals surface area contributed by atoms with Gasteiger partial charge in [0.05, 0.1) is 5.56 Å². The van der Waals surface area contributed by atoms with E-state index in [0.29, 0.717) is 41.2 Å². The van der Waals surface area contributed by atoms with E-state index < -0.39 is 17.6 Å². The number of fused-ring (bicyclic) bond motifs is 1. The zero-order chi connectivity index (χ0) is 21.9. The van der Waals surface area contributed by atoms with Crippen molar-refractivity contribution in [3.63, 3.8) is 0 Å². The van der Waals surface area contributed by atoms with Crippen molar-refractivity contribution in [3.05, 3.63) is 64.9 Å². The largest absolute Gasteiger partial charge is 0.489 e. The molecule has 3 aromatic rings. The Morgan fingerprint density at radius 3 is 2.37 bits per heavy atom. The lowest BCUT2D eigenvalue weighted by atomic mass is 10.1. The Morgan fingerprint density at radius 2 is 1.73 bits per heavy atom. The molecule has 1 aromatic heterocycles. The van der Waals surface area contributed by atoms with Crippen molar-refractivity contribution in [2.75, 3.05) is 0 Å². The maximum atomic E-state index is 11.7. The molecule has 3 rings (SSSR count). The Morgan fingerprint density at radius 1 is 1.07 bits per heavy atom. The minimum absolute atomic E-state index is 0.355. The van der Waals surface area contributed by atoms with Gasteiger partial charge in [-0.25, -0.2) is 4.79 Å². The number of primary amides is 1. The van der Waals surface area contributed by atoms with Crippen LogP contribution in [0.15, 0.2) is 46.9 Å². The fourth-order valence-electron chi connectivity index (χ4n) is 3.00. The normalized spacial score (nSPS) is 11.3. The molecule has 7 heteroatoms. The molecule has 7 nitrogen and oxygen atoms in total. The first-order valence-corrected chi connectivity index (χ1v) is 9.63. The maximum Gasteiger partial charge on any atom is 0.407 e. The zero-order valence-corrected chi connectivity index (χ0v) is 17.6. The van der Waals surface area contributed by atoms with Crippen LogP contribution in [0.2, 0.25) is 0 Å². The third-order valence-electron chi connectivity index (χ3n) is 4.35. The van der Waals surface area contributed by atoms with Gasteiger partial charge in [0.1, 0.15) is 29.3 Å². The van der Waals surface area contributed by atoms with Crippen LogP contribution in [0.1, 0.15) is 48.0 Å². The molecule has 2 aromatic carbocycles. The summed E-state index contributed by atoms with van der Waals surface area (Å²) in [4.78, 5) is 23.4. The van der Waals surface area contributed by atoms with Crippen molar-refractivity contribution in [3.8, 4) is 5.75 Å². The average molecular weight is 410 g/mol. The van der Waals surface area contributed by atoms with Gasteiger partial charge in [-0.05, 0) is 57.0 Å². The minimum atomic E-state index is -0.529. The third kappa shape index (κ3) is 5.31. The quantitative estimate of drug-likeness (QED) is 0.625. The number of aryl methyl sites for hydroxylation is 1. The first kappa shape index (κ1) is 21.2. The Kier molecular flexibility index (Phi) is 6.01. The zero-order valence-electron chi connectivity index (χ0n) is 17.6. The van der Waals surface area contributed by atoms with Gasteiger partial charge in [0.2, 0.25) is 0 Å². The second-order valence-electron chi connectivity index (χ2n) is 8.02. The van der Waals surface area contributed by atoms with E-state index in [0.717, 1.165) is 11.1 Å². The minimum Gasteiger partial charge on any atom is -0.489 e. The molecule has 0 saturated carbocycles. The number of hydrogen-bond donors (Lipinski definition) is 2. The van der Waals surface area contributed by atoms with Gasteiger partial charge in [0.15, 0.2) is 0 Å². The molecule has 0 bridgehead atoms. The lowest BCUT2D eigenvalue weighted by Gasteiger charge is -2.19. The first-order chi connectivity index (χ1) is 14.1. The van der Waals surface area contributed by atoms with Crippen LogP contribution in [-0.2, 0) is 17.9 Å². The van der Waals surface area contributed by atoms with Crippen molar-refractivity contribution < 1.29 is 23.5 Å². The molecule has 0 radical (unpaired) electrons. The first-order valence-electron chi connectivity index (χ1n) is 9.63. The number of rotatable bonds is 6. The van der Waals surface area contributed by atoms with E-state index in [2.05, 4.69) is 5.32 Å². The van der Waals surface area contributed by atoms with Gasteiger partial charge >= 0.3 is 6.09 Å². The molecule has 0 atom stereocenters. The van der Waals surface area contributed by atoms with Crippen LogP contribution in [0.5, 0.6) is 5.75 Å². The summed E-state index contributed by atoms with van der Waals surface area (Å²) in [5, 5.41) is 3.37. The van der Waals surface area contributed by atoms with Gasteiger partial charge in [-0.3, -0.25) is 4.79 Å². The summed E-state index contributed by atoms with van der Waals surface area (Å²) >= 11 is 0. The molecule has 0 fully saturated rings. The number of ether oxygens (including phenoxy) is 2. The van der Waals surface area contributed by atoms with E-state index in [-0.39, 0.29) is 0 Å². The number of nitrogens with two attached hydrogens (primary N) is 1. The number of amides is 2. The summed E-state index contributed by atoms with van der Waals surface area (Å²) < 4.78 is 16.6. The predicted molar refractivity (Wildman–Crippen MR) is 113 cm³/mol. The molecular formula is C23H26N2O5. The molecule has 0 aliphatic rings. The number of carbonyl (C=O) groups excluding carboxylic acids is 2. The van der Waals surface area contributed by atoms with E-state index in [9.17, 15) is 9.59 Å². The second kappa shape index (κ2) is 8.49. The van der Waals surface area contributed by atoms with E-state index in [4.69, 9.17) is 19.6 Å². The highest BCUT2D eigenvalue weighted by Crippen LogP contribution is 2.29. The monoisotopic (exact) mass is 410 g/mol. The molecular weight excluding hydrogens is 384 g/mol. The van der Waals surface area contributed by atoms with Crippen molar-refractivity contribution in [2.24, 2.45) is 5.73 Å². The standard InChI is InChI=1S/C23H26N2O5/c1-14-20(21(24)26)18-11-17(9-10-19(18)29-14)28-13-16-7-5-15(6-8-16)12-25-22(27)30-23(2,3)4/h5-11H,12-13H2,1-4H3,(H2,24,26)(H,25,27). The fourth-order valence-corrected chi connectivity index (χ4v) is 3.00. The lowest BCUT2D eigenvalue weighted by Crippen LogP contribution is -2.32. The Bertz CT molecular complexity index is 1060. The molecule has 1 heterocycles. The molecule has 30 heavy (non-hydrogen) atoms. The maximum absolute atomic E-state index is 11.7. The molecule has 3 N–H and O–H groups in total. The second-order valence-corrected chi connectivity index (χ2v) is 8.02. The number of furan rings is 1. The molecule has 0 aliphatic heterocycles. The van der Waals surface area contributed by atoms with Crippen LogP contribution in [0.3, 0.4) is 0 Å². The van der Waals surface area contributed by atoms with Gasteiger partial charge < -0.3 is 24.9 Å². The average Bonchev–Trinajstić information content (AvgIpc) is 2.99. The van der Waals surface area contributed by atoms with E-state index in [1.807, 2.05) is 45.0 Å². The van der Waals surface area contributed by atoms with Gasteiger partial charge in [0.25, 0.3) is 5.91 Å². The third-order valence-corrected chi connectivity index (χ3v) is 4.35. The van der Waals surface area contributed by atoms with E-state index in [1.54, 1.807) is 25.1 Å². The van der Waals surface area contributed by atoms with Crippen molar-refractivity contribution in [1.29, 1.82) is 0 Å². The summed E-state index contributed by atoms with van der Waals surface area (Å²) in [6.07, 6.45) is -0.449. The van der Waals surface area contributed by atoms with Crippen molar-refractivity contribution in [2.45, 2.75) is 46.4 Å². The number of benzene rings is 2. The molecule has 0 spiro atoms. The number of nitrogens with one attached hydrogen (secondary N) is 1. The van der Waals surface area contributed by atoms with Crippen LogP contribution in [0, 0.1) is 6.92 Å². The number of alkyl carbamates (subject to hydrolysis) is 1. The van der Waals surface area contributed by atoms with E-state index >= 15 is 0 Å². The highest BCUT2D eigenvalue weighted by Gasteiger charge is 2.17. The van der Waals surface area contributed by atoms with Gasteiger partial charge in [-0.1, -0.05) is 24.3 Å². The topological polar surface area (TPSA) is 104 Å². The smallest absolute Gasteiger partial charge is 0.407 e. The summed E-state index contributed by atoms with van der Waals surface area (Å²) in [5.41, 5.74) is 7.81. The van der Waals surface area contributed by atoms with Crippen LogP contribution in [0.4, 0.5) is 4.79 Å². The SMILES string of the molecule is Cc1oc2ccc(OCc3ccc(CNC(=O)OC(C)(C)C)cc3)cc2c1C(N)=O. The highest BCUT2D eigenvalue weighted by molar-refractivity contribution is 6.06. The molecule has 0 aliphatic carbocycles. The highest BCUT2D eigenvalue weighted by atomic mass is 16.6. The molecule has 0 saturated heterocycles. The number of carbonyl (C=O) groups is 2. The van der Waals surface area contributed by atoms with Gasteiger partial charge in [-0.15, -0.1) is 0 Å². The molecule has 158 valence electrons. The van der Waals surface area contributed by atoms with Crippen molar-refractivity contribution >= 4 is 23.0 Å². The van der Waals surface area contributed by atoms with Crippen LogP contribution in [0.25, 0.3) is 11.0 Å². The number of hydrogen-bond acceptors (Lipinski definition) is 5. The van der Waals surface area contributed by atoms with E-state index in [1.165, 1.54) is 0 Å². The Balaban J connectivity index is 1.59. The summed E-state index contributed by atoms with van der Waals surface area (Å²) in [7, 11) is 0. The van der Waals surface area contributed by atoms with Gasteiger partial charge in [-0.2, -0.15) is 0 Å².